The lowest BCUT2D eigenvalue weighted by molar-refractivity contribution is 0.942. The smallest absolute Gasteiger partial charge is 0.0568 e. The van der Waals surface area contributed by atoms with Crippen molar-refractivity contribution >= 4 is 34.8 Å². The second kappa shape index (κ2) is 5.50. The minimum Gasteiger partial charge on any atom is -0.118 e. The molecule has 2 aromatic rings. The lowest BCUT2D eigenvalue weighted by Crippen LogP contribution is -1.95. The molecule has 0 bridgehead atoms. The van der Waals surface area contributed by atoms with Gasteiger partial charge in [0.25, 0.3) is 0 Å². The SMILES string of the molecule is CCc1ccc(C2C(c3cc(Cl)cc(Cl)c3)C2(C)Cl)cc1. The van der Waals surface area contributed by atoms with Crippen LogP contribution in [0.15, 0.2) is 42.5 Å². The molecule has 21 heavy (non-hydrogen) atoms. The van der Waals surface area contributed by atoms with Gasteiger partial charge in [0.2, 0.25) is 0 Å². The van der Waals surface area contributed by atoms with Gasteiger partial charge in [-0.15, -0.1) is 11.6 Å². The molecule has 2 aromatic carbocycles. The van der Waals surface area contributed by atoms with Crippen molar-refractivity contribution < 1.29 is 0 Å². The Bertz CT molecular complexity index is 638. The number of halogens is 3. The van der Waals surface area contributed by atoms with Crippen molar-refractivity contribution in [3.05, 3.63) is 69.2 Å². The first-order valence-corrected chi connectivity index (χ1v) is 8.30. The summed E-state index contributed by atoms with van der Waals surface area (Å²) in [5.41, 5.74) is 3.75. The molecule has 1 aliphatic rings. The van der Waals surface area contributed by atoms with Gasteiger partial charge in [-0.2, -0.15) is 0 Å². The van der Waals surface area contributed by atoms with Crippen molar-refractivity contribution in [3.8, 4) is 0 Å². The monoisotopic (exact) mass is 338 g/mol. The minimum atomic E-state index is -0.276. The average Bonchev–Trinajstić information content (AvgIpc) is 3.00. The van der Waals surface area contributed by atoms with Crippen LogP contribution < -0.4 is 0 Å². The van der Waals surface area contributed by atoms with Gasteiger partial charge in [0.1, 0.15) is 0 Å². The van der Waals surface area contributed by atoms with Gasteiger partial charge in [0.05, 0.1) is 4.87 Å². The Labute approximate surface area is 141 Å². The Hall–Kier alpha value is -0.690. The molecule has 3 heteroatoms. The van der Waals surface area contributed by atoms with E-state index in [1.807, 2.05) is 12.1 Å². The van der Waals surface area contributed by atoms with Crippen LogP contribution in [-0.2, 0) is 6.42 Å². The lowest BCUT2D eigenvalue weighted by atomic mass is 10.0. The third kappa shape index (κ3) is 2.82. The molecule has 1 aliphatic carbocycles. The normalized spacial score (nSPS) is 27.7. The van der Waals surface area contributed by atoms with Crippen molar-refractivity contribution in [2.75, 3.05) is 0 Å². The molecular formula is C18H17Cl3. The van der Waals surface area contributed by atoms with Crippen LogP contribution in [0, 0.1) is 0 Å². The number of rotatable bonds is 3. The first kappa shape index (κ1) is 15.2. The molecule has 0 N–H and O–H groups in total. The van der Waals surface area contributed by atoms with Crippen LogP contribution in [0.3, 0.4) is 0 Å². The number of benzene rings is 2. The van der Waals surface area contributed by atoms with E-state index >= 15 is 0 Å². The molecule has 0 spiro atoms. The van der Waals surface area contributed by atoms with E-state index in [9.17, 15) is 0 Å². The van der Waals surface area contributed by atoms with Crippen molar-refractivity contribution in [1.29, 1.82) is 0 Å². The highest BCUT2D eigenvalue weighted by atomic mass is 35.5. The molecule has 0 radical (unpaired) electrons. The van der Waals surface area contributed by atoms with Gasteiger partial charge in [-0.05, 0) is 48.2 Å². The van der Waals surface area contributed by atoms with Crippen molar-refractivity contribution in [2.45, 2.75) is 37.0 Å². The predicted octanol–water partition coefficient (Wildman–Crippen LogP) is 6.43. The van der Waals surface area contributed by atoms with Crippen LogP contribution in [0.1, 0.15) is 42.4 Å². The Morgan fingerprint density at radius 3 is 1.95 bits per heavy atom. The first-order valence-electron chi connectivity index (χ1n) is 7.17. The summed E-state index contributed by atoms with van der Waals surface area (Å²) >= 11 is 19.0. The zero-order valence-electron chi connectivity index (χ0n) is 12.0. The maximum Gasteiger partial charge on any atom is 0.0568 e. The van der Waals surface area contributed by atoms with Crippen LogP contribution in [0.2, 0.25) is 10.0 Å². The first-order chi connectivity index (χ1) is 9.93. The predicted molar refractivity (Wildman–Crippen MR) is 92.0 cm³/mol. The van der Waals surface area contributed by atoms with E-state index < -0.39 is 0 Å². The highest BCUT2D eigenvalue weighted by Gasteiger charge is 2.61. The van der Waals surface area contributed by atoms with Crippen LogP contribution in [0.25, 0.3) is 0 Å². The third-order valence-electron chi connectivity index (χ3n) is 4.43. The summed E-state index contributed by atoms with van der Waals surface area (Å²) in [6, 6.07) is 14.4. The van der Waals surface area contributed by atoms with Crippen LogP contribution in [-0.4, -0.2) is 4.87 Å². The minimum absolute atomic E-state index is 0.253. The summed E-state index contributed by atoms with van der Waals surface area (Å²) in [6.45, 7) is 4.25. The van der Waals surface area contributed by atoms with Crippen molar-refractivity contribution in [2.24, 2.45) is 0 Å². The fourth-order valence-corrected chi connectivity index (χ4v) is 4.22. The summed E-state index contributed by atoms with van der Waals surface area (Å²) in [5.74, 6) is 0.558. The lowest BCUT2D eigenvalue weighted by Gasteiger charge is -2.04. The third-order valence-corrected chi connectivity index (χ3v) is 5.34. The standard InChI is InChI=1S/C18H17Cl3/c1-3-11-4-6-12(7-5-11)16-17(18(16,2)21)13-8-14(19)10-15(20)9-13/h4-10,16-17H,3H2,1-2H3. The second-order valence-corrected chi connectivity index (χ2v) is 7.59. The van der Waals surface area contributed by atoms with Gasteiger partial charge >= 0.3 is 0 Å². The highest BCUT2D eigenvalue weighted by Crippen LogP contribution is 2.67. The van der Waals surface area contributed by atoms with E-state index in [2.05, 4.69) is 38.1 Å². The van der Waals surface area contributed by atoms with Crippen molar-refractivity contribution in [3.63, 3.8) is 0 Å². The van der Waals surface area contributed by atoms with E-state index in [4.69, 9.17) is 34.8 Å². The van der Waals surface area contributed by atoms with Crippen molar-refractivity contribution in [1.82, 2.24) is 0 Å². The summed E-state index contributed by atoms with van der Waals surface area (Å²) in [5, 5.41) is 1.33. The van der Waals surface area contributed by atoms with E-state index in [1.54, 1.807) is 6.07 Å². The fourth-order valence-electron chi connectivity index (χ4n) is 3.23. The van der Waals surface area contributed by atoms with Gasteiger partial charge in [-0.25, -0.2) is 0 Å². The summed E-state index contributed by atoms with van der Waals surface area (Å²) in [7, 11) is 0. The molecule has 1 fully saturated rings. The maximum atomic E-state index is 6.73. The van der Waals surface area contributed by atoms with E-state index in [0.29, 0.717) is 16.0 Å². The molecule has 0 saturated heterocycles. The van der Waals surface area contributed by atoms with Gasteiger partial charge in [0.15, 0.2) is 0 Å². The Morgan fingerprint density at radius 1 is 0.905 bits per heavy atom. The summed E-state index contributed by atoms with van der Waals surface area (Å²) in [6.07, 6.45) is 1.05. The molecule has 1 saturated carbocycles. The van der Waals surface area contributed by atoms with Gasteiger partial charge in [-0.3, -0.25) is 0 Å². The average molecular weight is 340 g/mol. The molecule has 110 valence electrons. The quantitative estimate of drug-likeness (QED) is 0.565. The fraction of sp³-hybridized carbons (Fsp3) is 0.333. The van der Waals surface area contributed by atoms with Gasteiger partial charge in [-0.1, -0.05) is 54.4 Å². The Morgan fingerprint density at radius 2 is 1.43 bits per heavy atom. The zero-order valence-corrected chi connectivity index (χ0v) is 14.3. The molecular weight excluding hydrogens is 323 g/mol. The number of hydrogen-bond donors (Lipinski definition) is 0. The highest BCUT2D eigenvalue weighted by molar-refractivity contribution is 6.34. The number of hydrogen-bond acceptors (Lipinski definition) is 0. The molecule has 0 aromatic heterocycles. The molecule has 0 nitrogen and oxygen atoms in total. The largest absolute Gasteiger partial charge is 0.118 e. The van der Waals surface area contributed by atoms with Gasteiger partial charge in [0, 0.05) is 21.9 Å². The molecule has 0 heterocycles. The molecule has 3 rings (SSSR count). The molecule has 0 amide bonds. The zero-order chi connectivity index (χ0) is 15.2. The number of alkyl halides is 1. The molecule has 0 aliphatic heterocycles. The van der Waals surface area contributed by atoms with E-state index in [1.165, 1.54) is 11.1 Å². The molecule has 3 atom stereocenters. The van der Waals surface area contributed by atoms with Crippen LogP contribution in [0.5, 0.6) is 0 Å². The number of aryl methyl sites for hydroxylation is 1. The topological polar surface area (TPSA) is 0 Å². The Balaban J connectivity index is 1.93. The molecule has 3 unspecified atom stereocenters. The Kier molecular flexibility index (Phi) is 3.98. The second-order valence-electron chi connectivity index (χ2n) is 5.90. The summed E-state index contributed by atoms with van der Waals surface area (Å²) in [4.78, 5) is -0.276. The van der Waals surface area contributed by atoms with Crippen LogP contribution in [0.4, 0.5) is 0 Å². The van der Waals surface area contributed by atoms with E-state index in [-0.39, 0.29) is 10.8 Å². The van der Waals surface area contributed by atoms with Crippen LogP contribution >= 0.6 is 34.8 Å². The summed E-state index contributed by atoms with van der Waals surface area (Å²) < 4.78 is 0. The van der Waals surface area contributed by atoms with E-state index in [0.717, 1.165) is 12.0 Å². The maximum absolute atomic E-state index is 6.73. The van der Waals surface area contributed by atoms with Gasteiger partial charge < -0.3 is 0 Å².